The van der Waals surface area contributed by atoms with Crippen molar-refractivity contribution in [1.82, 2.24) is 10.2 Å². The molecule has 3 aromatic carbocycles. The molecule has 1 aliphatic carbocycles. The van der Waals surface area contributed by atoms with Gasteiger partial charge >= 0.3 is 0 Å². The Morgan fingerprint density at radius 1 is 0.882 bits per heavy atom. The van der Waals surface area contributed by atoms with Crippen molar-refractivity contribution in [3.8, 4) is 17.2 Å². The number of methoxy groups -OCH3 is 3. The van der Waals surface area contributed by atoms with Crippen LogP contribution < -0.4 is 19.5 Å². The van der Waals surface area contributed by atoms with Crippen LogP contribution in [0.15, 0.2) is 72.8 Å². The van der Waals surface area contributed by atoms with Gasteiger partial charge in [-0.25, -0.2) is 0 Å². The molecule has 6 nitrogen and oxygen atoms in total. The van der Waals surface area contributed by atoms with E-state index in [1.807, 2.05) is 72.8 Å². The SMILES string of the molecule is COc1ccc(C(NC(=O)CN(Cc2cc(OC)ccc2OC)C2CC2)c2ccccc2)cc1. The highest BCUT2D eigenvalue weighted by atomic mass is 16.5. The van der Waals surface area contributed by atoms with E-state index in [-0.39, 0.29) is 11.9 Å². The Morgan fingerprint density at radius 3 is 2.15 bits per heavy atom. The summed E-state index contributed by atoms with van der Waals surface area (Å²) in [5.41, 5.74) is 3.05. The maximum Gasteiger partial charge on any atom is 0.234 e. The van der Waals surface area contributed by atoms with Crippen LogP contribution in [0.1, 0.15) is 35.6 Å². The van der Waals surface area contributed by atoms with Crippen molar-refractivity contribution < 1.29 is 19.0 Å². The molecule has 6 heteroatoms. The van der Waals surface area contributed by atoms with Crippen LogP contribution in [0.3, 0.4) is 0 Å². The maximum absolute atomic E-state index is 13.3. The largest absolute Gasteiger partial charge is 0.497 e. The summed E-state index contributed by atoms with van der Waals surface area (Å²) < 4.78 is 16.3. The molecule has 1 aliphatic rings. The number of ether oxygens (including phenoxy) is 3. The molecule has 0 heterocycles. The zero-order valence-corrected chi connectivity index (χ0v) is 20.0. The van der Waals surface area contributed by atoms with E-state index in [1.165, 1.54) is 0 Å². The van der Waals surface area contributed by atoms with Crippen LogP contribution in [0, 0.1) is 0 Å². The number of carbonyl (C=O) groups excluding carboxylic acids is 1. The van der Waals surface area contributed by atoms with E-state index < -0.39 is 0 Å². The summed E-state index contributed by atoms with van der Waals surface area (Å²) in [6.45, 7) is 0.932. The molecule has 0 spiro atoms. The van der Waals surface area contributed by atoms with E-state index >= 15 is 0 Å². The van der Waals surface area contributed by atoms with Crippen LogP contribution in [0.25, 0.3) is 0 Å². The Labute approximate surface area is 201 Å². The molecule has 1 unspecified atom stereocenters. The summed E-state index contributed by atoms with van der Waals surface area (Å²) in [5.74, 6) is 2.35. The molecule has 3 aromatic rings. The van der Waals surface area contributed by atoms with Gasteiger partial charge in [-0.15, -0.1) is 0 Å². The van der Waals surface area contributed by atoms with Gasteiger partial charge in [-0.1, -0.05) is 42.5 Å². The molecule has 1 atom stereocenters. The van der Waals surface area contributed by atoms with Crippen LogP contribution in [0.4, 0.5) is 0 Å². The third kappa shape index (κ3) is 5.88. The normalized spacial score (nSPS) is 13.9. The quantitative estimate of drug-likeness (QED) is 0.454. The third-order valence-electron chi connectivity index (χ3n) is 6.16. The van der Waals surface area contributed by atoms with Gasteiger partial charge in [0.15, 0.2) is 0 Å². The van der Waals surface area contributed by atoms with Gasteiger partial charge < -0.3 is 19.5 Å². The summed E-state index contributed by atoms with van der Waals surface area (Å²) in [6.07, 6.45) is 2.19. The number of carbonyl (C=O) groups is 1. The van der Waals surface area contributed by atoms with E-state index in [1.54, 1.807) is 21.3 Å². The van der Waals surface area contributed by atoms with Gasteiger partial charge in [0.25, 0.3) is 0 Å². The molecule has 0 bridgehead atoms. The zero-order chi connectivity index (χ0) is 23.9. The minimum Gasteiger partial charge on any atom is -0.497 e. The van der Waals surface area contributed by atoms with Crippen molar-refractivity contribution >= 4 is 5.91 Å². The minimum absolute atomic E-state index is 0.0153. The highest BCUT2D eigenvalue weighted by molar-refractivity contribution is 5.79. The van der Waals surface area contributed by atoms with E-state index in [0.29, 0.717) is 19.1 Å². The standard InChI is InChI=1S/C28H32N2O4/c1-32-24-13-9-21(10-14-24)28(20-7-5-4-6-8-20)29-27(31)19-30(23-11-12-23)18-22-17-25(33-2)15-16-26(22)34-3/h4-10,13-17,23,28H,11-12,18-19H2,1-3H3,(H,29,31). The summed E-state index contributed by atoms with van der Waals surface area (Å²) in [5, 5.41) is 3.26. The first-order chi connectivity index (χ1) is 16.6. The number of nitrogens with one attached hydrogen (secondary N) is 1. The zero-order valence-electron chi connectivity index (χ0n) is 20.0. The minimum atomic E-state index is -0.244. The van der Waals surface area contributed by atoms with Crippen LogP contribution in [0.2, 0.25) is 0 Å². The Balaban J connectivity index is 1.52. The van der Waals surface area contributed by atoms with Gasteiger partial charge in [0.2, 0.25) is 5.91 Å². The van der Waals surface area contributed by atoms with Crippen molar-refractivity contribution in [2.24, 2.45) is 0 Å². The molecular weight excluding hydrogens is 428 g/mol. The fourth-order valence-corrected chi connectivity index (χ4v) is 4.17. The highest BCUT2D eigenvalue weighted by Crippen LogP contribution is 2.32. The summed E-state index contributed by atoms with van der Waals surface area (Å²) in [4.78, 5) is 15.5. The maximum atomic E-state index is 13.3. The fourth-order valence-electron chi connectivity index (χ4n) is 4.17. The third-order valence-corrected chi connectivity index (χ3v) is 6.16. The fraction of sp³-hybridized carbons (Fsp3) is 0.321. The molecule has 178 valence electrons. The number of hydrogen-bond donors (Lipinski definition) is 1. The number of nitrogens with zero attached hydrogens (tertiary/aromatic N) is 1. The Bertz CT molecular complexity index is 1080. The van der Waals surface area contributed by atoms with Gasteiger partial charge in [0, 0.05) is 18.2 Å². The average Bonchev–Trinajstić information content (AvgIpc) is 3.73. The monoisotopic (exact) mass is 460 g/mol. The van der Waals surface area contributed by atoms with Crippen molar-refractivity contribution in [3.05, 3.63) is 89.5 Å². The second-order valence-electron chi connectivity index (χ2n) is 8.50. The van der Waals surface area contributed by atoms with E-state index in [0.717, 1.165) is 46.8 Å². The van der Waals surface area contributed by atoms with Gasteiger partial charge in [0.1, 0.15) is 17.2 Å². The predicted molar refractivity (Wildman–Crippen MR) is 132 cm³/mol. The van der Waals surface area contributed by atoms with E-state index in [9.17, 15) is 4.79 Å². The molecule has 0 aliphatic heterocycles. The first kappa shape index (κ1) is 23.6. The molecule has 1 saturated carbocycles. The lowest BCUT2D eigenvalue weighted by molar-refractivity contribution is -0.123. The smallest absolute Gasteiger partial charge is 0.234 e. The van der Waals surface area contributed by atoms with Crippen molar-refractivity contribution in [2.45, 2.75) is 31.5 Å². The van der Waals surface area contributed by atoms with Crippen molar-refractivity contribution in [3.63, 3.8) is 0 Å². The lowest BCUT2D eigenvalue weighted by Crippen LogP contribution is -2.40. The Kier molecular flexibility index (Phi) is 7.70. The van der Waals surface area contributed by atoms with E-state index in [2.05, 4.69) is 10.2 Å². The number of amides is 1. The first-order valence-corrected chi connectivity index (χ1v) is 11.5. The predicted octanol–water partition coefficient (Wildman–Crippen LogP) is 4.58. The van der Waals surface area contributed by atoms with Crippen LogP contribution >= 0.6 is 0 Å². The van der Waals surface area contributed by atoms with Crippen molar-refractivity contribution in [1.29, 1.82) is 0 Å². The topological polar surface area (TPSA) is 60.0 Å². The average molecular weight is 461 g/mol. The van der Waals surface area contributed by atoms with Crippen LogP contribution in [-0.2, 0) is 11.3 Å². The molecular formula is C28H32N2O4. The number of benzene rings is 3. The molecule has 0 aromatic heterocycles. The number of rotatable bonds is 11. The molecule has 1 N–H and O–H groups in total. The highest BCUT2D eigenvalue weighted by Gasteiger charge is 2.31. The molecule has 1 amide bonds. The van der Waals surface area contributed by atoms with Crippen LogP contribution in [0.5, 0.6) is 17.2 Å². The molecule has 4 rings (SSSR count). The molecule has 34 heavy (non-hydrogen) atoms. The van der Waals surface area contributed by atoms with Gasteiger partial charge in [-0.3, -0.25) is 9.69 Å². The first-order valence-electron chi connectivity index (χ1n) is 11.5. The lowest BCUT2D eigenvalue weighted by atomic mass is 9.98. The van der Waals surface area contributed by atoms with Crippen molar-refractivity contribution in [2.75, 3.05) is 27.9 Å². The lowest BCUT2D eigenvalue weighted by Gasteiger charge is -2.25. The van der Waals surface area contributed by atoms with Gasteiger partial charge in [-0.2, -0.15) is 0 Å². The van der Waals surface area contributed by atoms with Crippen LogP contribution in [-0.4, -0.2) is 44.7 Å². The summed E-state index contributed by atoms with van der Waals surface area (Å²) in [7, 11) is 4.97. The Morgan fingerprint density at radius 2 is 1.53 bits per heavy atom. The molecule has 0 saturated heterocycles. The second kappa shape index (κ2) is 11.1. The Hall–Kier alpha value is -3.51. The number of hydrogen-bond acceptors (Lipinski definition) is 5. The van der Waals surface area contributed by atoms with E-state index in [4.69, 9.17) is 14.2 Å². The van der Waals surface area contributed by atoms with Gasteiger partial charge in [-0.05, 0) is 54.3 Å². The summed E-state index contributed by atoms with van der Waals surface area (Å²) in [6, 6.07) is 23.8. The van der Waals surface area contributed by atoms with Gasteiger partial charge in [0.05, 0.1) is 33.9 Å². The second-order valence-corrected chi connectivity index (χ2v) is 8.50. The summed E-state index contributed by atoms with van der Waals surface area (Å²) >= 11 is 0. The molecule has 1 fully saturated rings. The molecule has 0 radical (unpaired) electrons.